The molecule has 4 bridgehead atoms. The van der Waals surface area contributed by atoms with Gasteiger partial charge in [0, 0.05) is 24.2 Å². The van der Waals surface area contributed by atoms with Crippen LogP contribution in [0.3, 0.4) is 0 Å². The molecule has 4 aliphatic rings. The number of hydrogen-bond acceptors (Lipinski definition) is 4. The molecule has 1 aromatic rings. The number of benzene rings is 1. The van der Waals surface area contributed by atoms with Crippen LogP contribution >= 0.6 is 0 Å². The molecular weight excluding hydrogens is 356 g/mol. The minimum Gasteiger partial charge on any atom is -0.390 e. The summed E-state index contributed by atoms with van der Waals surface area (Å²) in [6.07, 6.45) is 5.44. The van der Waals surface area contributed by atoms with Gasteiger partial charge in [-0.15, -0.1) is 0 Å². The van der Waals surface area contributed by atoms with Crippen LogP contribution < -0.4 is 5.32 Å². The predicted molar refractivity (Wildman–Crippen MR) is 105 cm³/mol. The molecule has 5 rings (SSSR count). The van der Waals surface area contributed by atoms with E-state index in [2.05, 4.69) is 5.32 Å². The van der Waals surface area contributed by atoms with Crippen LogP contribution in [-0.4, -0.2) is 47.8 Å². The first-order valence-corrected chi connectivity index (χ1v) is 10.3. The van der Waals surface area contributed by atoms with Crippen LogP contribution in [0.2, 0.25) is 0 Å². The summed E-state index contributed by atoms with van der Waals surface area (Å²) in [7, 11) is 3.01. The normalized spacial score (nSPS) is 33.0. The number of hydrogen-bond donors (Lipinski definition) is 2. The molecule has 2 unspecified atom stereocenters. The Hall–Kier alpha value is -1.92. The van der Waals surface area contributed by atoms with Gasteiger partial charge in [0.1, 0.15) is 0 Å². The first-order valence-electron chi connectivity index (χ1n) is 10.3. The Morgan fingerprint density at radius 2 is 1.93 bits per heavy atom. The van der Waals surface area contributed by atoms with Crippen molar-refractivity contribution in [3.63, 3.8) is 0 Å². The van der Waals surface area contributed by atoms with E-state index in [1.807, 2.05) is 6.92 Å². The number of carbonyl (C=O) groups excluding carboxylic acids is 2. The summed E-state index contributed by atoms with van der Waals surface area (Å²) in [5.74, 6) is 1.06. The second kappa shape index (κ2) is 7.16. The summed E-state index contributed by atoms with van der Waals surface area (Å²) in [6, 6.07) is 5.36. The van der Waals surface area contributed by atoms with Crippen LogP contribution in [0.15, 0.2) is 18.2 Å². The van der Waals surface area contributed by atoms with Gasteiger partial charge in [0.05, 0.1) is 12.7 Å². The topological polar surface area (TPSA) is 78.9 Å². The summed E-state index contributed by atoms with van der Waals surface area (Å²) >= 11 is 0. The van der Waals surface area contributed by atoms with E-state index in [-0.39, 0.29) is 17.9 Å². The fourth-order valence-corrected chi connectivity index (χ4v) is 5.95. The smallest absolute Gasteiger partial charge is 0.277 e. The third-order valence-corrected chi connectivity index (χ3v) is 7.08. The standard InChI is InChI=1S/C22H30N2O4/c1-4-14-9-15(21(26)24(2)28-3)5-6-18(14)20(25)23-19-16-7-13-8-17(19)12-22(27,10-13)11-16/h5-6,9,13,16-17,19,27H,4,7-8,10-12H2,1-3H3,(H,23,25)/t13?,16?,17?,19-,22-. The Bertz CT molecular complexity index is 777. The number of aliphatic hydroxyl groups is 1. The molecule has 2 amide bonds. The highest BCUT2D eigenvalue weighted by Crippen LogP contribution is 2.55. The van der Waals surface area contributed by atoms with Crippen molar-refractivity contribution < 1.29 is 19.5 Å². The van der Waals surface area contributed by atoms with E-state index in [9.17, 15) is 14.7 Å². The van der Waals surface area contributed by atoms with Crippen molar-refractivity contribution in [2.75, 3.05) is 14.2 Å². The second-order valence-corrected chi connectivity index (χ2v) is 8.90. The average molecular weight is 386 g/mol. The Kier molecular flexibility index (Phi) is 4.96. The number of hydroxylamine groups is 2. The van der Waals surface area contributed by atoms with Crippen molar-refractivity contribution in [3.8, 4) is 0 Å². The molecule has 6 nitrogen and oxygen atoms in total. The van der Waals surface area contributed by atoms with Crippen molar-refractivity contribution >= 4 is 11.8 Å². The molecule has 28 heavy (non-hydrogen) atoms. The van der Waals surface area contributed by atoms with Crippen LogP contribution in [0, 0.1) is 17.8 Å². The first kappa shape index (κ1) is 19.4. The van der Waals surface area contributed by atoms with E-state index in [0.717, 1.165) is 37.7 Å². The van der Waals surface area contributed by atoms with Crippen LogP contribution in [0.25, 0.3) is 0 Å². The third kappa shape index (κ3) is 3.33. The van der Waals surface area contributed by atoms with Gasteiger partial charge in [0.15, 0.2) is 0 Å². The lowest BCUT2D eigenvalue weighted by Crippen LogP contribution is -2.61. The zero-order chi connectivity index (χ0) is 20.1. The molecule has 0 spiro atoms. The highest BCUT2D eigenvalue weighted by molar-refractivity contribution is 5.99. The van der Waals surface area contributed by atoms with Crippen molar-refractivity contribution in [2.24, 2.45) is 17.8 Å². The number of nitrogens with one attached hydrogen (secondary N) is 1. The maximum absolute atomic E-state index is 13.1. The molecule has 4 saturated carbocycles. The van der Waals surface area contributed by atoms with E-state index < -0.39 is 5.60 Å². The highest BCUT2D eigenvalue weighted by atomic mass is 16.7. The van der Waals surface area contributed by atoms with Crippen molar-refractivity contribution in [3.05, 3.63) is 34.9 Å². The quantitative estimate of drug-likeness (QED) is 0.763. The SMILES string of the molecule is CCc1cc(C(=O)N(C)OC)ccc1C(=O)N[C@H]1C2CC3CC1C[C@](O)(C3)C2. The lowest BCUT2D eigenvalue weighted by atomic mass is 9.52. The van der Waals surface area contributed by atoms with E-state index in [0.29, 0.717) is 35.3 Å². The lowest BCUT2D eigenvalue weighted by Gasteiger charge is -2.58. The van der Waals surface area contributed by atoms with E-state index >= 15 is 0 Å². The van der Waals surface area contributed by atoms with Gasteiger partial charge < -0.3 is 10.4 Å². The van der Waals surface area contributed by atoms with Gasteiger partial charge in [0.2, 0.25) is 0 Å². The maximum atomic E-state index is 13.1. The summed E-state index contributed by atoms with van der Waals surface area (Å²) in [5.41, 5.74) is 1.50. The molecular formula is C22H30N2O4. The molecule has 4 fully saturated rings. The maximum Gasteiger partial charge on any atom is 0.277 e. The summed E-state index contributed by atoms with van der Waals surface area (Å²) < 4.78 is 0. The van der Waals surface area contributed by atoms with Crippen LogP contribution in [-0.2, 0) is 11.3 Å². The van der Waals surface area contributed by atoms with Crippen molar-refractivity contribution in [2.45, 2.75) is 57.1 Å². The van der Waals surface area contributed by atoms with Crippen molar-refractivity contribution in [1.29, 1.82) is 0 Å². The minimum absolute atomic E-state index is 0.0691. The molecule has 0 heterocycles. The van der Waals surface area contributed by atoms with Crippen molar-refractivity contribution in [1.82, 2.24) is 10.4 Å². The fourth-order valence-electron chi connectivity index (χ4n) is 5.95. The van der Waals surface area contributed by atoms with Gasteiger partial charge in [0.25, 0.3) is 11.8 Å². The Balaban J connectivity index is 1.51. The summed E-state index contributed by atoms with van der Waals surface area (Å²) in [5, 5.41) is 15.2. The van der Waals surface area contributed by atoms with Gasteiger partial charge in [-0.3, -0.25) is 14.4 Å². The first-order chi connectivity index (χ1) is 13.3. The molecule has 2 atom stereocenters. The van der Waals surface area contributed by atoms with E-state index in [4.69, 9.17) is 4.84 Å². The van der Waals surface area contributed by atoms with Gasteiger partial charge in [-0.2, -0.15) is 0 Å². The average Bonchev–Trinajstić information content (AvgIpc) is 2.67. The van der Waals surface area contributed by atoms with Gasteiger partial charge in [-0.1, -0.05) is 6.92 Å². The van der Waals surface area contributed by atoms with Gasteiger partial charge in [-0.25, -0.2) is 5.06 Å². The molecule has 6 heteroatoms. The highest BCUT2D eigenvalue weighted by Gasteiger charge is 2.55. The lowest BCUT2D eigenvalue weighted by molar-refractivity contribution is -0.136. The number of carbonyl (C=O) groups is 2. The molecule has 0 aromatic heterocycles. The van der Waals surface area contributed by atoms with E-state index in [1.54, 1.807) is 25.2 Å². The predicted octanol–water partition coefficient (Wildman–Crippen LogP) is 2.55. The van der Waals surface area contributed by atoms with Gasteiger partial charge >= 0.3 is 0 Å². The zero-order valence-corrected chi connectivity index (χ0v) is 16.9. The fraction of sp³-hybridized carbons (Fsp3) is 0.636. The zero-order valence-electron chi connectivity index (χ0n) is 16.9. The number of nitrogens with zero attached hydrogens (tertiary/aromatic N) is 1. The largest absolute Gasteiger partial charge is 0.390 e. The molecule has 1 aromatic carbocycles. The Labute approximate surface area is 166 Å². The number of amides is 2. The molecule has 0 aliphatic heterocycles. The summed E-state index contributed by atoms with van der Waals surface area (Å²) in [4.78, 5) is 30.4. The molecule has 0 radical (unpaired) electrons. The Morgan fingerprint density at radius 3 is 2.50 bits per heavy atom. The molecule has 4 aliphatic carbocycles. The Morgan fingerprint density at radius 1 is 1.25 bits per heavy atom. The summed E-state index contributed by atoms with van der Waals surface area (Å²) in [6.45, 7) is 1.98. The number of aryl methyl sites for hydroxylation is 1. The van der Waals surface area contributed by atoms with Crippen LogP contribution in [0.4, 0.5) is 0 Å². The minimum atomic E-state index is -0.498. The monoisotopic (exact) mass is 386 g/mol. The van der Waals surface area contributed by atoms with Crippen LogP contribution in [0.1, 0.15) is 65.3 Å². The number of rotatable bonds is 5. The molecule has 0 saturated heterocycles. The second-order valence-electron chi connectivity index (χ2n) is 8.90. The van der Waals surface area contributed by atoms with E-state index in [1.165, 1.54) is 12.2 Å². The third-order valence-electron chi connectivity index (χ3n) is 7.08. The molecule has 2 N–H and O–H groups in total. The van der Waals surface area contributed by atoms with Gasteiger partial charge in [-0.05, 0) is 80.0 Å². The van der Waals surface area contributed by atoms with Crippen LogP contribution in [0.5, 0.6) is 0 Å². The molecule has 152 valence electrons.